The van der Waals surface area contributed by atoms with Gasteiger partial charge in [-0.2, -0.15) is 4.98 Å². The molecule has 3 aromatic rings. The first-order valence-corrected chi connectivity index (χ1v) is 7.92. The molecular weight excluding hydrogens is 302 g/mol. The number of hydrogen-bond acceptors (Lipinski definition) is 5. The Morgan fingerprint density at radius 1 is 1.08 bits per heavy atom. The number of anilines is 3. The van der Waals surface area contributed by atoms with Crippen LogP contribution in [-0.2, 0) is 6.54 Å². The van der Waals surface area contributed by atoms with Crippen molar-refractivity contribution in [2.24, 2.45) is 0 Å². The maximum Gasteiger partial charge on any atom is 0.252 e. The molecule has 0 aliphatic carbocycles. The van der Waals surface area contributed by atoms with Gasteiger partial charge in [0.05, 0.1) is 5.69 Å². The number of benzene rings is 1. The Balaban J connectivity index is 2.02. The summed E-state index contributed by atoms with van der Waals surface area (Å²) in [6, 6.07) is 11.4. The van der Waals surface area contributed by atoms with Crippen LogP contribution >= 0.6 is 0 Å². The number of pyridine rings is 1. The highest BCUT2D eigenvalue weighted by Crippen LogP contribution is 2.21. The van der Waals surface area contributed by atoms with E-state index in [-0.39, 0.29) is 5.56 Å². The molecule has 0 aliphatic heterocycles. The number of fused-ring (bicyclic) bond motifs is 1. The van der Waals surface area contributed by atoms with E-state index < -0.39 is 0 Å². The lowest BCUT2D eigenvalue weighted by molar-refractivity contribution is 0.748. The molecule has 0 spiro atoms. The highest BCUT2D eigenvalue weighted by molar-refractivity contribution is 5.79. The second-order valence-corrected chi connectivity index (χ2v) is 5.85. The summed E-state index contributed by atoms with van der Waals surface area (Å²) in [5, 5.41) is 4.11. The van der Waals surface area contributed by atoms with Crippen molar-refractivity contribution in [3.8, 4) is 0 Å². The van der Waals surface area contributed by atoms with Crippen molar-refractivity contribution in [2.45, 2.75) is 20.4 Å². The van der Waals surface area contributed by atoms with Gasteiger partial charge < -0.3 is 10.2 Å². The smallest absolute Gasteiger partial charge is 0.252 e. The predicted octanol–water partition coefficient (Wildman–Crippen LogP) is 2.93. The quantitative estimate of drug-likeness (QED) is 0.800. The van der Waals surface area contributed by atoms with Gasteiger partial charge in [-0.3, -0.25) is 9.36 Å². The van der Waals surface area contributed by atoms with Crippen molar-refractivity contribution in [3.63, 3.8) is 0 Å². The molecule has 6 heteroatoms. The van der Waals surface area contributed by atoms with Crippen molar-refractivity contribution in [3.05, 3.63) is 52.4 Å². The average Bonchev–Trinajstić information content (AvgIpc) is 2.55. The molecule has 124 valence electrons. The van der Waals surface area contributed by atoms with E-state index in [4.69, 9.17) is 0 Å². The van der Waals surface area contributed by atoms with Crippen LogP contribution in [0.2, 0.25) is 0 Å². The summed E-state index contributed by atoms with van der Waals surface area (Å²) in [4.78, 5) is 23.1. The maximum absolute atomic E-state index is 12.0. The third kappa shape index (κ3) is 2.95. The van der Waals surface area contributed by atoms with Crippen molar-refractivity contribution < 1.29 is 0 Å². The van der Waals surface area contributed by atoms with Crippen LogP contribution in [0.4, 0.5) is 17.3 Å². The van der Waals surface area contributed by atoms with E-state index >= 15 is 0 Å². The largest absolute Gasteiger partial charge is 0.378 e. The Labute approximate surface area is 140 Å². The summed E-state index contributed by atoms with van der Waals surface area (Å²) in [6.07, 6.45) is 0. The molecule has 0 fully saturated rings. The molecule has 1 N–H and O–H groups in total. The molecule has 24 heavy (non-hydrogen) atoms. The molecule has 0 saturated carbocycles. The molecule has 1 aromatic carbocycles. The van der Waals surface area contributed by atoms with E-state index in [0.717, 1.165) is 22.5 Å². The molecule has 3 rings (SSSR count). The Hall–Kier alpha value is -2.89. The van der Waals surface area contributed by atoms with Crippen LogP contribution < -0.4 is 15.8 Å². The van der Waals surface area contributed by atoms with Gasteiger partial charge in [-0.15, -0.1) is 0 Å². The average molecular weight is 323 g/mol. The molecule has 0 atom stereocenters. The lowest BCUT2D eigenvalue weighted by Gasteiger charge is -2.14. The number of aromatic nitrogens is 3. The molecule has 0 bridgehead atoms. The highest BCUT2D eigenvalue weighted by atomic mass is 16.1. The van der Waals surface area contributed by atoms with Gasteiger partial charge in [0.15, 0.2) is 0 Å². The SMILES string of the molecule is CCn1c(=O)ccc2c(C)nc(Nc3ccc(N(C)C)cc3)nc21. The molecule has 6 nitrogen and oxygen atoms in total. The summed E-state index contributed by atoms with van der Waals surface area (Å²) < 4.78 is 1.66. The summed E-state index contributed by atoms with van der Waals surface area (Å²) >= 11 is 0. The minimum Gasteiger partial charge on any atom is -0.378 e. The van der Waals surface area contributed by atoms with Crippen molar-refractivity contribution in [1.29, 1.82) is 0 Å². The van der Waals surface area contributed by atoms with E-state index in [1.165, 1.54) is 0 Å². The second-order valence-electron chi connectivity index (χ2n) is 5.85. The first-order chi connectivity index (χ1) is 11.5. The third-order valence-corrected chi connectivity index (χ3v) is 3.99. The normalized spacial score (nSPS) is 10.8. The zero-order chi connectivity index (χ0) is 17.3. The van der Waals surface area contributed by atoms with Gasteiger partial charge in [0.25, 0.3) is 5.56 Å². The maximum atomic E-state index is 12.0. The fourth-order valence-corrected chi connectivity index (χ4v) is 2.65. The Morgan fingerprint density at radius 3 is 2.42 bits per heavy atom. The fraction of sp³-hybridized carbons (Fsp3) is 0.278. The van der Waals surface area contributed by atoms with Crippen LogP contribution in [0.1, 0.15) is 12.6 Å². The van der Waals surface area contributed by atoms with Gasteiger partial charge in [0.2, 0.25) is 5.95 Å². The van der Waals surface area contributed by atoms with Gasteiger partial charge in [0.1, 0.15) is 5.65 Å². The molecular formula is C18H21N5O. The molecule has 0 radical (unpaired) electrons. The molecule has 0 amide bonds. The Bertz CT molecular complexity index is 929. The fourth-order valence-electron chi connectivity index (χ4n) is 2.65. The Kier molecular flexibility index (Phi) is 4.20. The van der Waals surface area contributed by atoms with E-state index in [1.54, 1.807) is 16.7 Å². The minimum atomic E-state index is -0.0515. The lowest BCUT2D eigenvalue weighted by Crippen LogP contribution is -2.19. The van der Waals surface area contributed by atoms with Crippen LogP contribution in [0.5, 0.6) is 0 Å². The van der Waals surface area contributed by atoms with Crippen molar-refractivity contribution in [1.82, 2.24) is 14.5 Å². The second kappa shape index (κ2) is 6.31. The summed E-state index contributed by atoms with van der Waals surface area (Å²) in [5.74, 6) is 0.491. The molecule has 2 heterocycles. The van der Waals surface area contributed by atoms with Gasteiger partial charge in [-0.25, -0.2) is 4.98 Å². The van der Waals surface area contributed by atoms with Crippen LogP contribution in [0, 0.1) is 6.92 Å². The van der Waals surface area contributed by atoms with Crippen molar-refractivity contribution >= 4 is 28.4 Å². The van der Waals surface area contributed by atoms with Gasteiger partial charge in [-0.05, 0) is 44.2 Å². The zero-order valence-electron chi connectivity index (χ0n) is 14.4. The van der Waals surface area contributed by atoms with Crippen molar-refractivity contribution in [2.75, 3.05) is 24.3 Å². The molecule has 0 saturated heterocycles. The standard InChI is InChI=1S/C18H21N5O/c1-5-23-16(24)11-10-15-12(2)19-18(21-17(15)23)20-13-6-8-14(9-7-13)22(3)4/h6-11H,5H2,1-4H3,(H,19,20,21). The van der Waals surface area contributed by atoms with Crippen LogP contribution in [-0.4, -0.2) is 28.6 Å². The summed E-state index contributed by atoms with van der Waals surface area (Å²) in [5.41, 5.74) is 3.47. The predicted molar refractivity (Wildman–Crippen MR) is 98.3 cm³/mol. The topological polar surface area (TPSA) is 63.1 Å². The lowest BCUT2D eigenvalue weighted by atomic mass is 10.2. The molecule has 0 aliphatic rings. The van der Waals surface area contributed by atoms with Crippen LogP contribution in [0.3, 0.4) is 0 Å². The third-order valence-electron chi connectivity index (χ3n) is 3.99. The minimum absolute atomic E-state index is 0.0515. The van der Waals surface area contributed by atoms with Gasteiger partial charge >= 0.3 is 0 Å². The summed E-state index contributed by atoms with van der Waals surface area (Å²) in [7, 11) is 4.00. The van der Waals surface area contributed by atoms with Crippen LogP contribution in [0.25, 0.3) is 11.0 Å². The van der Waals surface area contributed by atoms with E-state index in [9.17, 15) is 4.79 Å². The summed E-state index contributed by atoms with van der Waals surface area (Å²) in [6.45, 7) is 4.43. The number of nitrogens with zero attached hydrogens (tertiary/aromatic N) is 4. The molecule has 0 unspecified atom stereocenters. The number of nitrogens with one attached hydrogen (secondary N) is 1. The van der Waals surface area contributed by atoms with Gasteiger partial charge in [0, 0.05) is 43.5 Å². The van der Waals surface area contributed by atoms with Crippen LogP contribution in [0.15, 0.2) is 41.2 Å². The highest BCUT2D eigenvalue weighted by Gasteiger charge is 2.09. The van der Waals surface area contributed by atoms with E-state index in [2.05, 4.69) is 15.3 Å². The first kappa shape index (κ1) is 16.0. The zero-order valence-corrected chi connectivity index (χ0v) is 14.4. The Morgan fingerprint density at radius 2 is 1.79 bits per heavy atom. The van der Waals surface area contributed by atoms with E-state index in [0.29, 0.717) is 18.1 Å². The number of rotatable bonds is 4. The van der Waals surface area contributed by atoms with Gasteiger partial charge in [-0.1, -0.05) is 0 Å². The monoisotopic (exact) mass is 323 g/mol. The van der Waals surface area contributed by atoms with E-state index in [1.807, 2.05) is 57.1 Å². The molecule has 2 aromatic heterocycles. The number of aryl methyl sites for hydroxylation is 2. The first-order valence-electron chi connectivity index (χ1n) is 7.92. The number of hydrogen-bond donors (Lipinski definition) is 1.